The highest BCUT2D eigenvalue weighted by Crippen LogP contribution is 2.19. The zero-order chi connectivity index (χ0) is 17.5. The van der Waals surface area contributed by atoms with Gasteiger partial charge in [-0.3, -0.25) is 0 Å². The molecule has 132 valence electrons. The molecule has 0 aliphatic rings. The smallest absolute Gasteiger partial charge is 0.119 e. The van der Waals surface area contributed by atoms with E-state index in [2.05, 4.69) is 22.8 Å². The Balaban J connectivity index is 1.61. The Labute approximate surface area is 148 Å². The fraction of sp³-hybridized carbons (Fsp3) is 0.350. The number of methoxy groups -OCH3 is 1. The van der Waals surface area contributed by atoms with Crippen LogP contribution in [-0.2, 0) is 13.0 Å². The Kier molecular flexibility index (Phi) is 5.90. The number of para-hydroxylation sites is 2. The van der Waals surface area contributed by atoms with Crippen LogP contribution in [0.25, 0.3) is 11.0 Å². The van der Waals surface area contributed by atoms with E-state index in [0.29, 0.717) is 13.2 Å². The van der Waals surface area contributed by atoms with E-state index in [9.17, 15) is 0 Å². The van der Waals surface area contributed by atoms with Crippen molar-refractivity contribution in [3.05, 3.63) is 54.4 Å². The molecule has 3 rings (SSSR count). The first kappa shape index (κ1) is 17.3. The van der Waals surface area contributed by atoms with Gasteiger partial charge in [-0.2, -0.15) is 0 Å². The van der Waals surface area contributed by atoms with Crippen LogP contribution in [0.15, 0.2) is 48.5 Å². The van der Waals surface area contributed by atoms with E-state index >= 15 is 0 Å². The summed E-state index contributed by atoms with van der Waals surface area (Å²) in [5.74, 6) is 2.80. The van der Waals surface area contributed by atoms with E-state index in [4.69, 9.17) is 20.2 Å². The molecule has 0 radical (unpaired) electrons. The molecule has 0 amide bonds. The van der Waals surface area contributed by atoms with Crippen LogP contribution in [0.1, 0.15) is 18.7 Å². The minimum Gasteiger partial charge on any atom is -0.497 e. The predicted molar refractivity (Wildman–Crippen MR) is 100 cm³/mol. The van der Waals surface area contributed by atoms with Crippen molar-refractivity contribution in [1.82, 2.24) is 9.55 Å². The summed E-state index contributed by atoms with van der Waals surface area (Å²) in [4.78, 5) is 4.76. The molecule has 1 aromatic heterocycles. The molecule has 5 nitrogen and oxygen atoms in total. The highest BCUT2D eigenvalue weighted by Gasteiger charge is 2.09. The molecular weight excluding hydrogens is 314 g/mol. The topological polar surface area (TPSA) is 62.3 Å². The molecule has 5 heteroatoms. The summed E-state index contributed by atoms with van der Waals surface area (Å²) in [5, 5.41) is 0. The largest absolute Gasteiger partial charge is 0.497 e. The Hall–Kier alpha value is -2.53. The van der Waals surface area contributed by atoms with Crippen molar-refractivity contribution in [3.63, 3.8) is 0 Å². The van der Waals surface area contributed by atoms with E-state index in [1.165, 1.54) is 5.52 Å². The lowest BCUT2D eigenvalue weighted by Crippen LogP contribution is -2.09. The number of ether oxygens (including phenoxy) is 2. The Bertz CT molecular complexity index is 796. The normalized spacial score (nSPS) is 11.0. The first-order chi connectivity index (χ1) is 12.3. The van der Waals surface area contributed by atoms with Crippen molar-refractivity contribution in [2.24, 2.45) is 5.73 Å². The third-order valence-electron chi connectivity index (χ3n) is 4.19. The summed E-state index contributed by atoms with van der Waals surface area (Å²) in [6.07, 6.45) is 2.78. The molecule has 0 aliphatic carbocycles. The maximum Gasteiger partial charge on any atom is 0.119 e. The number of nitrogens with two attached hydrogens (primary N) is 1. The summed E-state index contributed by atoms with van der Waals surface area (Å²) in [7, 11) is 1.66. The molecule has 0 bridgehead atoms. The lowest BCUT2D eigenvalue weighted by molar-refractivity contribution is 0.301. The van der Waals surface area contributed by atoms with Crippen LogP contribution in [0, 0.1) is 0 Å². The summed E-state index contributed by atoms with van der Waals surface area (Å²) in [6.45, 7) is 2.23. The number of rotatable bonds is 9. The second kappa shape index (κ2) is 8.53. The van der Waals surface area contributed by atoms with Gasteiger partial charge in [0.15, 0.2) is 0 Å². The number of imidazole rings is 1. The molecule has 0 aliphatic heterocycles. The summed E-state index contributed by atoms with van der Waals surface area (Å²) in [5.41, 5.74) is 7.89. The third kappa shape index (κ3) is 4.31. The van der Waals surface area contributed by atoms with Gasteiger partial charge < -0.3 is 19.8 Å². The lowest BCUT2D eigenvalue weighted by atomic mass is 10.3. The van der Waals surface area contributed by atoms with E-state index in [0.717, 1.165) is 48.6 Å². The summed E-state index contributed by atoms with van der Waals surface area (Å²) >= 11 is 0. The predicted octanol–water partition coefficient (Wildman–Crippen LogP) is 3.41. The number of hydrogen-bond donors (Lipinski definition) is 1. The molecule has 2 aromatic carbocycles. The molecule has 0 unspecified atom stereocenters. The Morgan fingerprint density at radius 1 is 1.00 bits per heavy atom. The van der Waals surface area contributed by atoms with Crippen molar-refractivity contribution in [1.29, 1.82) is 0 Å². The zero-order valence-electron chi connectivity index (χ0n) is 14.6. The second-order valence-electron chi connectivity index (χ2n) is 5.94. The van der Waals surface area contributed by atoms with Crippen LogP contribution in [0.5, 0.6) is 11.5 Å². The van der Waals surface area contributed by atoms with E-state index < -0.39 is 0 Å². The van der Waals surface area contributed by atoms with Crippen molar-refractivity contribution in [2.45, 2.75) is 25.8 Å². The van der Waals surface area contributed by atoms with Gasteiger partial charge in [0.05, 0.1) is 24.8 Å². The van der Waals surface area contributed by atoms with Crippen molar-refractivity contribution < 1.29 is 9.47 Å². The van der Waals surface area contributed by atoms with Crippen LogP contribution < -0.4 is 15.2 Å². The number of nitrogens with zero attached hydrogens (tertiary/aromatic N) is 2. The van der Waals surface area contributed by atoms with Crippen molar-refractivity contribution in [2.75, 3.05) is 20.3 Å². The number of fused-ring (bicyclic) bond motifs is 1. The van der Waals surface area contributed by atoms with Crippen LogP contribution >= 0.6 is 0 Å². The van der Waals surface area contributed by atoms with Crippen molar-refractivity contribution in [3.8, 4) is 11.5 Å². The monoisotopic (exact) mass is 339 g/mol. The fourth-order valence-electron chi connectivity index (χ4n) is 2.91. The molecule has 0 saturated carbocycles. The van der Waals surface area contributed by atoms with Gasteiger partial charge in [-0.25, -0.2) is 4.98 Å². The molecule has 2 N–H and O–H groups in total. The highest BCUT2D eigenvalue weighted by atomic mass is 16.5. The first-order valence-corrected chi connectivity index (χ1v) is 8.73. The van der Waals surface area contributed by atoms with Gasteiger partial charge in [-0.1, -0.05) is 12.1 Å². The SMILES string of the molecule is COc1ccc(OCCCn2c(CCCN)nc3ccccc32)cc1. The van der Waals surface area contributed by atoms with Crippen LogP contribution in [0.2, 0.25) is 0 Å². The zero-order valence-corrected chi connectivity index (χ0v) is 14.6. The van der Waals surface area contributed by atoms with Crippen molar-refractivity contribution >= 4 is 11.0 Å². The van der Waals surface area contributed by atoms with Crippen LogP contribution in [0.3, 0.4) is 0 Å². The maximum absolute atomic E-state index is 5.83. The Morgan fingerprint density at radius 3 is 2.52 bits per heavy atom. The molecule has 3 aromatic rings. The minimum absolute atomic E-state index is 0.662. The third-order valence-corrected chi connectivity index (χ3v) is 4.19. The van der Waals surface area contributed by atoms with Gasteiger partial charge in [-0.15, -0.1) is 0 Å². The first-order valence-electron chi connectivity index (χ1n) is 8.73. The van der Waals surface area contributed by atoms with Gasteiger partial charge in [0.2, 0.25) is 0 Å². The number of aryl methyl sites for hydroxylation is 2. The standard InChI is InChI=1S/C20H25N3O2/c1-24-16-9-11-17(12-10-16)25-15-5-14-23-19-7-3-2-6-18(19)22-20(23)8-4-13-21/h2-3,6-7,9-12H,4-5,8,13-15,21H2,1H3. The average Bonchev–Trinajstić information content (AvgIpc) is 3.01. The van der Waals surface area contributed by atoms with Gasteiger partial charge >= 0.3 is 0 Å². The Morgan fingerprint density at radius 2 is 1.76 bits per heavy atom. The fourth-order valence-corrected chi connectivity index (χ4v) is 2.91. The number of aromatic nitrogens is 2. The van der Waals surface area contributed by atoms with Gasteiger partial charge in [-0.05, 0) is 55.8 Å². The molecule has 25 heavy (non-hydrogen) atoms. The van der Waals surface area contributed by atoms with Crippen LogP contribution in [-0.4, -0.2) is 29.8 Å². The number of benzene rings is 2. The number of hydrogen-bond acceptors (Lipinski definition) is 4. The highest BCUT2D eigenvalue weighted by molar-refractivity contribution is 5.75. The second-order valence-corrected chi connectivity index (χ2v) is 5.94. The molecule has 1 heterocycles. The van der Waals surface area contributed by atoms with Gasteiger partial charge in [0.25, 0.3) is 0 Å². The maximum atomic E-state index is 5.83. The lowest BCUT2D eigenvalue weighted by Gasteiger charge is -2.10. The summed E-state index contributed by atoms with van der Waals surface area (Å²) < 4.78 is 13.3. The van der Waals surface area contributed by atoms with Gasteiger partial charge in [0.1, 0.15) is 17.3 Å². The molecule has 0 atom stereocenters. The van der Waals surface area contributed by atoms with E-state index in [1.54, 1.807) is 7.11 Å². The van der Waals surface area contributed by atoms with E-state index in [-0.39, 0.29) is 0 Å². The van der Waals surface area contributed by atoms with Gasteiger partial charge in [0, 0.05) is 13.0 Å². The minimum atomic E-state index is 0.662. The summed E-state index contributed by atoms with van der Waals surface area (Å²) in [6, 6.07) is 15.9. The van der Waals surface area contributed by atoms with Crippen LogP contribution in [0.4, 0.5) is 0 Å². The molecule has 0 spiro atoms. The molecular formula is C20H25N3O2. The average molecular weight is 339 g/mol. The van der Waals surface area contributed by atoms with E-state index in [1.807, 2.05) is 30.3 Å². The molecule has 0 saturated heterocycles. The molecule has 0 fully saturated rings. The quantitative estimate of drug-likeness (QED) is 0.607.